The number of aromatic nitrogens is 2. The molecule has 2 aromatic rings. The van der Waals surface area contributed by atoms with Crippen molar-refractivity contribution in [2.24, 2.45) is 4.99 Å². The van der Waals surface area contributed by atoms with Gasteiger partial charge in [-0.05, 0) is 34.8 Å². The number of nitrogens with one attached hydrogen (secondary N) is 2. The monoisotopic (exact) mass is 361 g/mol. The van der Waals surface area contributed by atoms with E-state index < -0.39 is 5.82 Å². The van der Waals surface area contributed by atoms with Crippen molar-refractivity contribution in [2.75, 3.05) is 19.4 Å². The molecular weight excluding hydrogens is 349 g/mol. The van der Waals surface area contributed by atoms with E-state index in [1.54, 1.807) is 0 Å². The van der Waals surface area contributed by atoms with Crippen LogP contribution in [0.2, 0.25) is 5.02 Å². The van der Waals surface area contributed by atoms with Gasteiger partial charge in [0.15, 0.2) is 5.84 Å². The van der Waals surface area contributed by atoms with E-state index in [-0.39, 0.29) is 22.4 Å². The summed E-state index contributed by atoms with van der Waals surface area (Å²) in [6.07, 6.45) is 1.89. The van der Waals surface area contributed by atoms with Crippen LogP contribution in [-0.2, 0) is 0 Å². The fourth-order valence-electron chi connectivity index (χ4n) is 1.53. The van der Waals surface area contributed by atoms with Gasteiger partial charge in [0.25, 0.3) is 5.88 Å². The third kappa shape index (κ3) is 4.79. The third-order valence-corrected chi connectivity index (χ3v) is 3.30. The largest absolute Gasteiger partial charge is 0.472 e. The molecule has 0 aliphatic heterocycles. The highest BCUT2D eigenvalue weighted by molar-refractivity contribution is 7.96. The zero-order chi connectivity index (χ0) is 16.7. The summed E-state index contributed by atoms with van der Waals surface area (Å²) in [6.45, 7) is 0.878. The van der Waals surface area contributed by atoms with E-state index in [0.29, 0.717) is 18.8 Å². The minimum absolute atomic E-state index is 0.0569. The maximum absolute atomic E-state index is 13.1. The van der Waals surface area contributed by atoms with Crippen LogP contribution in [0.15, 0.2) is 27.8 Å². The van der Waals surface area contributed by atoms with Crippen molar-refractivity contribution in [1.82, 2.24) is 20.5 Å². The number of benzene rings is 1. The molecule has 3 N–H and O–H groups in total. The Hall–Kier alpha value is -1.88. The van der Waals surface area contributed by atoms with Crippen molar-refractivity contribution in [3.8, 4) is 5.88 Å². The van der Waals surface area contributed by atoms with Crippen LogP contribution in [0.5, 0.6) is 5.88 Å². The molecule has 0 spiro atoms. The van der Waals surface area contributed by atoms with Crippen molar-refractivity contribution in [1.29, 1.82) is 0 Å². The Morgan fingerprint density at radius 3 is 3.04 bits per heavy atom. The first-order chi connectivity index (χ1) is 11.2. The highest BCUT2D eigenvalue weighted by Gasteiger charge is 2.18. The highest BCUT2D eigenvalue weighted by atomic mass is 35.5. The lowest BCUT2D eigenvalue weighted by atomic mass is 10.3. The molecule has 124 valence electrons. The topological polar surface area (TPSA) is 105 Å². The first-order valence-corrected chi connectivity index (χ1v) is 7.91. The third-order valence-electron chi connectivity index (χ3n) is 2.52. The van der Waals surface area contributed by atoms with Crippen LogP contribution in [0.1, 0.15) is 5.69 Å². The minimum Gasteiger partial charge on any atom is -0.472 e. The predicted octanol–water partition coefficient (Wildman–Crippen LogP) is 2.17. The van der Waals surface area contributed by atoms with Gasteiger partial charge in [-0.25, -0.2) is 14.0 Å². The molecule has 1 aromatic heterocycles. The van der Waals surface area contributed by atoms with Gasteiger partial charge in [0, 0.05) is 6.54 Å². The molecule has 23 heavy (non-hydrogen) atoms. The molecule has 0 bridgehead atoms. The number of ether oxygens (including phenoxy) is 1. The van der Waals surface area contributed by atoms with Gasteiger partial charge >= 0.3 is 0 Å². The zero-order valence-corrected chi connectivity index (χ0v) is 13.5. The second-order valence-corrected chi connectivity index (χ2v) is 5.14. The standard InChI is InChI=1S/C12H13ClFN5O3S/c1-23-15-4-5-21-12-10(18-22-19-12)11(17-20)16-7-2-3-9(14)8(13)6-7/h2-3,6,15,20H,4-5H2,1H3,(H,16,17). The fraction of sp³-hybridized carbons (Fsp3) is 0.250. The average molecular weight is 362 g/mol. The van der Waals surface area contributed by atoms with Crippen molar-refractivity contribution < 1.29 is 19.0 Å². The molecule has 0 saturated carbocycles. The number of aliphatic imine (C=N–C) groups is 1. The Balaban J connectivity index is 2.18. The summed E-state index contributed by atoms with van der Waals surface area (Å²) in [7, 11) is 0. The molecule has 0 aliphatic rings. The first kappa shape index (κ1) is 17.5. The molecule has 0 atom stereocenters. The quantitative estimate of drug-likeness (QED) is 0.226. The van der Waals surface area contributed by atoms with Crippen LogP contribution in [0.25, 0.3) is 0 Å². The lowest BCUT2D eigenvalue weighted by Crippen LogP contribution is -2.22. The molecule has 0 fully saturated rings. The van der Waals surface area contributed by atoms with Crippen LogP contribution < -0.4 is 14.9 Å². The molecular formula is C12H13ClFN5O3S. The van der Waals surface area contributed by atoms with Crippen LogP contribution in [0, 0.1) is 5.82 Å². The van der Waals surface area contributed by atoms with Crippen molar-refractivity contribution in [2.45, 2.75) is 0 Å². The molecule has 1 aromatic carbocycles. The van der Waals surface area contributed by atoms with E-state index in [1.807, 2.05) is 11.7 Å². The second-order valence-electron chi connectivity index (χ2n) is 4.04. The molecule has 1 heterocycles. The van der Waals surface area contributed by atoms with Gasteiger partial charge in [0.05, 0.1) is 10.7 Å². The van der Waals surface area contributed by atoms with Gasteiger partial charge < -0.3 is 4.74 Å². The van der Waals surface area contributed by atoms with E-state index in [0.717, 1.165) is 6.07 Å². The normalized spacial score (nSPS) is 11.6. The molecule has 8 nitrogen and oxygen atoms in total. The SMILES string of the molecule is CSNCCOc1nonc1C(=Nc1ccc(F)c(Cl)c1)NO. The summed E-state index contributed by atoms with van der Waals surface area (Å²) >= 11 is 7.14. The Labute approximate surface area is 140 Å². The summed E-state index contributed by atoms with van der Waals surface area (Å²) in [5.74, 6) is -0.597. The Bertz CT molecular complexity index is 684. The van der Waals surface area contributed by atoms with Crippen LogP contribution >= 0.6 is 23.5 Å². The number of amidine groups is 1. The summed E-state index contributed by atoms with van der Waals surface area (Å²) in [5.41, 5.74) is 2.24. The molecule has 0 unspecified atom stereocenters. The van der Waals surface area contributed by atoms with Gasteiger partial charge in [-0.15, -0.1) is 0 Å². The smallest absolute Gasteiger partial charge is 0.287 e. The number of halogens is 2. The molecule has 11 heteroatoms. The number of nitrogens with zero attached hydrogens (tertiary/aromatic N) is 3. The number of hydrogen-bond donors (Lipinski definition) is 3. The number of hydrogen-bond acceptors (Lipinski definition) is 8. The average Bonchev–Trinajstić information content (AvgIpc) is 3.01. The predicted molar refractivity (Wildman–Crippen MR) is 83.8 cm³/mol. The lowest BCUT2D eigenvalue weighted by Gasteiger charge is -2.05. The van der Waals surface area contributed by atoms with Crippen molar-refractivity contribution in [3.63, 3.8) is 0 Å². The van der Waals surface area contributed by atoms with E-state index in [9.17, 15) is 9.60 Å². The fourth-order valence-corrected chi connectivity index (χ4v) is 1.99. The van der Waals surface area contributed by atoms with Crippen LogP contribution in [0.4, 0.5) is 10.1 Å². The lowest BCUT2D eigenvalue weighted by molar-refractivity contribution is 0.233. The van der Waals surface area contributed by atoms with E-state index in [4.69, 9.17) is 16.3 Å². The van der Waals surface area contributed by atoms with E-state index in [2.05, 4.69) is 24.7 Å². The van der Waals surface area contributed by atoms with Crippen molar-refractivity contribution >= 4 is 35.1 Å². The zero-order valence-electron chi connectivity index (χ0n) is 11.9. The Kier molecular flexibility index (Phi) is 6.59. The summed E-state index contributed by atoms with van der Waals surface area (Å²) in [5, 5.41) is 16.4. The number of hydroxylamine groups is 1. The number of rotatable bonds is 7. The van der Waals surface area contributed by atoms with Gasteiger partial charge in [-0.1, -0.05) is 23.5 Å². The van der Waals surface area contributed by atoms with Crippen molar-refractivity contribution in [3.05, 3.63) is 34.7 Å². The Morgan fingerprint density at radius 1 is 1.52 bits per heavy atom. The molecule has 0 amide bonds. The maximum atomic E-state index is 13.1. The molecule has 2 rings (SSSR count). The highest BCUT2D eigenvalue weighted by Crippen LogP contribution is 2.23. The van der Waals surface area contributed by atoms with Crippen LogP contribution in [-0.4, -0.2) is 40.8 Å². The summed E-state index contributed by atoms with van der Waals surface area (Å²) < 4.78 is 26.1. The Morgan fingerprint density at radius 2 is 2.35 bits per heavy atom. The van der Waals surface area contributed by atoms with Gasteiger partial charge in [0.1, 0.15) is 12.4 Å². The first-order valence-electron chi connectivity index (χ1n) is 6.31. The van der Waals surface area contributed by atoms with Gasteiger partial charge in [-0.3, -0.25) is 15.4 Å². The maximum Gasteiger partial charge on any atom is 0.287 e. The molecule has 0 saturated heterocycles. The van der Waals surface area contributed by atoms with Gasteiger partial charge in [-0.2, -0.15) is 0 Å². The van der Waals surface area contributed by atoms with Gasteiger partial charge in [0.2, 0.25) is 5.69 Å². The van der Waals surface area contributed by atoms with Crippen LogP contribution in [0.3, 0.4) is 0 Å². The van der Waals surface area contributed by atoms with E-state index >= 15 is 0 Å². The molecule has 0 aliphatic carbocycles. The minimum atomic E-state index is -0.572. The second kappa shape index (κ2) is 8.67. The van der Waals surface area contributed by atoms with E-state index in [1.165, 1.54) is 24.1 Å². The summed E-state index contributed by atoms with van der Waals surface area (Å²) in [4.78, 5) is 4.07. The summed E-state index contributed by atoms with van der Waals surface area (Å²) in [6, 6.07) is 3.84. The molecule has 0 radical (unpaired) electrons.